The maximum Gasteiger partial charge on any atom is 0.396 e. The SMILES string of the molecule is CC[C@H](C(C)(O)O)C(F)(F)F. The van der Waals surface area contributed by atoms with E-state index in [4.69, 9.17) is 10.2 Å². The average Bonchev–Trinajstić information content (AvgIpc) is 1.56. The molecule has 68 valence electrons. The van der Waals surface area contributed by atoms with E-state index < -0.39 is 17.9 Å². The average molecular weight is 172 g/mol. The van der Waals surface area contributed by atoms with Crippen molar-refractivity contribution in [2.75, 3.05) is 0 Å². The highest BCUT2D eigenvalue weighted by atomic mass is 19.4. The molecule has 2 nitrogen and oxygen atoms in total. The van der Waals surface area contributed by atoms with Crippen LogP contribution in [0.5, 0.6) is 0 Å². The van der Waals surface area contributed by atoms with Gasteiger partial charge in [-0.2, -0.15) is 13.2 Å². The Balaban J connectivity index is 4.43. The topological polar surface area (TPSA) is 40.5 Å². The lowest BCUT2D eigenvalue weighted by molar-refractivity contribution is -0.286. The van der Waals surface area contributed by atoms with Crippen LogP contribution in [0.3, 0.4) is 0 Å². The van der Waals surface area contributed by atoms with Crippen molar-refractivity contribution in [3.63, 3.8) is 0 Å². The zero-order chi connectivity index (χ0) is 9.28. The van der Waals surface area contributed by atoms with Crippen LogP contribution >= 0.6 is 0 Å². The summed E-state index contributed by atoms with van der Waals surface area (Å²) in [4.78, 5) is 0. The minimum absolute atomic E-state index is 0.340. The highest BCUT2D eigenvalue weighted by molar-refractivity contribution is 4.76. The molecule has 0 aliphatic carbocycles. The molecule has 11 heavy (non-hydrogen) atoms. The predicted molar refractivity (Wildman–Crippen MR) is 32.7 cm³/mol. The second-order valence-corrected chi connectivity index (χ2v) is 2.60. The Bertz CT molecular complexity index is 111. The van der Waals surface area contributed by atoms with Crippen molar-refractivity contribution in [3.8, 4) is 0 Å². The van der Waals surface area contributed by atoms with Crippen molar-refractivity contribution in [3.05, 3.63) is 0 Å². The third kappa shape index (κ3) is 3.07. The van der Waals surface area contributed by atoms with Gasteiger partial charge in [0.2, 0.25) is 0 Å². The molecule has 0 spiro atoms. The van der Waals surface area contributed by atoms with Gasteiger partial charge in [0.1, 0.15) is 5.92 Å². The summed E-state index contributed by atoms with van der Waals surface area (Å²) < 4.78 is 35.7. The van der Waals surface area contributed by atoms with Crippen LogP contribution in [0.25, 0.3) is 0 Å². The zero-order valence-electron chi connectivity index (χ0n) is 6.31. The lowest BCUT2D eigenvalue weighted by atomic mass is 9.97. The first-order chi connectivity index (χ1) is 4.69. The van der Waals surface area contributed by atoms with Gasteiger partial charge in [0.05, 0.1) is 0 Å². The van der Waals surface area contributed by atoms with Gasteiger partial charge < -0.3 is 10.2 Å². The molecule has 0 aromatic heterocycles. The Kier molecular flexibility index (Phi) is 2.91. The monoisotopic (exact) mass is 172 g/mol. The number of alkyl halides is 3. The van der Waals surface area contributed by atoms with Crippen LogP contribution in [0.4, 0.5) is 13.2 Å². The fourth-order valence-electron chi connectivity index (χ4n) is 0.928. The molecule has 0 aliphatic rings. The van der Waals surface area contributed by atoms with E-state index in [0.717, 1.165) is 6.92 Å². The number of hydrogen-bond donors (Lipinski definition) is 2. The van der Waals surface area contributed by atoms with Gasteiger partial charge in [0.15, 0.2) is 5.79 Å². The van der Waals surface area contributed by atoms with Gasteiger partial charge in [-0.1, -0.05) is 6.92 Å². The van der Waals surface area contributed by atoms with Crippen LogP contribution in [0, 0.1) is 5.92 Å². The van der Waals surface area contributed by atoms with E-state index in [0.29, 0.717) is 0 Å². The number of halogens is 3. The Hall–Kier alpha value is -0.290. The Morgan fingerprint density at radius 2 is 1.64 bits per heavy atom. The number of aliphatic hydroxyl groups is 2. The van der Waals surface area contributed by atoms with Crippen LogP contribution in [-0.2, 0) is 0 Å². The van der Waals surface area contributed by atoms with E-state index in [2.05, 4.69) is 0 Å². The quantitative estimate of drug-likeness (QED) is 0.616. The van der Waals surface area contributed by atoms with Gasteiger partial charge in [-0.3, -0.25) is 0 Å². The largest absolute Gasteiger partial charge is 0.396 e. The standard InChI is InChI=1S/C6H11F3O2/c1-3-4(5(2,10)11)6(7,8)9/h4,10-11H,3H2,1-2H3/t4-/m1/s1. The summed E-state index contributed by atoms with van der Waals surface area (Å²) in [5.41, 5.74) is 0. The molecule has 0 aromatic rings. The molecule has 2 N–H and O–H groups in total. The van der Waals surface area contributed by atoms with Gasteiger partial charge in [-0.15, -0.1) is 0 Å². The van der Waals surface area contributed by atoms with E-state index in [1.165, 1.54) is 6.92 Å². The van der Waals surface area contributed by atoms with Crippen LogP contribution in [0.2, 0.25) is 0 Å². The smallest absolute Gasteiger partial charge is 0.365 e. The Morgan fingerprint density at radius 1 is 1.27 bits per heavy atom. The summed E-state index contributed by atoms with van der Waals surface area (Å²) in [6.07, 6.45) is -4.89. The van der Waals surface area contributed by atoms with E-state index in [9.17, 15) is 13.2 Å². The van der Waals surface area contributed by atoms with Crippen molar-refractivity contribution >= 4 is 0 Å². The fraction of sp³-hybridized carbons (Fsp3) is 1.00. The maximum absolute atomic E-state index is 11.9. The van der Waals surface area contributed by atoms with Crippen molar-refractivity contribution in [2.24, 2.45) is 5.92 Å². The number of rotatable bonds is 2. The highest BCUT2D eigenvalue weighted by Crippen LogP contribution is 2.35. The summed E-state index contributed by atoms with van der Waals surface area (Å²) in [6, 6.07) is 0. The molecule has 0 aromatic carbocycles. The minimum atomic E-state index is -4.55. The summed E-state index contributed by atoms with van der Waals surface area (Å²) in [7, 11) is 0. The summed E-state index contributed by atoms with van der Waals surface area (Å²) in [5, 5.41) is 17.3. The van der Waals surface area contributed by atoms with Gasteiger partial charge in [-0.05, 0) is 13.3 Å². The van der Waals surface area contributed by atoms with Crippen LogP contribution < -0.4 is 0 Å². The minimum Gasteiger partial charge on any atom is -0.365 e. The van der Waals surface area contributed by atoms with Crippen molar-refractivity contribution in [1.82, 2.24) is 0 Å². The molecule has 0 rings (SSSR count). The van der Waals surface area contributed by atoms with Crippen molar-refractivity contribution < 1.29 is 23.4 Å². The van der Waals surface area contributed by atoms with Crippen LogP contribution in [-0.4, -0.2) is 22.2 Å². The molecule has 0 aliphatic heterocycles. The molecule has 5 heteroatoms. The Labute approximate surface area is 62.6 Å². The molecule has 1 atom stereocenters. The van der Waals surface area contributed by atoms with Crippen molar-refractivity contribution in [1.29, 1.82) is 0 Å². The molecule has 0 bridgehead atoms. The second-order valence-electron chi connectivity index (χ2n) is 2.60. The van der Waals surface area contributed by atoms with E-state index in [1.54, 1.807) is 0 Å². The lowest BCUT2D eigenvalue weighted by Crippen LogP contribution is -2.43. The zero-order valence-corrected chi connectivity index (χ0v) is 6.31. The lowest BCUT2D eigenvalue weighted by Gasteiger charge is -2.28. The normalized spacial score (nSPS) is 16.6. The van der Waals surface area contributed by atoms with Crippen LogP contribution in [0.15, 0.2) is 0 Å². The summed E-state index contributed by atoms with van der Waals surface area (Å²) in [5.74, 6) is -4.75. The molecule has 0 amide bonds. The van der Waals surface area contributed by atoms with Gasteiger partial charge in [0, 0.05) is 0 Å². The molecule has 0 heterocycles. The molecular formula is C6H11F3O2. The van der Waals surface area contributed by atoms with Crippen molar-refractivity contribution in [2.45, 2.75) is 32.2 Å². The first-order valence-corrected chi connectivity index (χ1v) is 3.21. The molecule has 0 fully saturated rings. The molecule has 0 radical (unpaired) electrons. The fourth-order valence-corrected chi connectivity index (χ4v) is 0.928. The Morgan fingerprint density at radius 3 is 1.64 bits per heavy atom. The predicted octanol–water partition coefficient (Wildman–Crippen LogP) is 1.28. The summed E-state index contributed by atoms with van der Waals surface area (Å²) >= 11 is 0. The highest BCUT2D eigenvalue weighted by Gasteiger charge is 2.48. The third-order valence-electron chi connectivity index (χ3n) is 1.46. The van der Waals surface area contributed by atoms with E-state index in [1.807, 2.05) is 0 Å². The summed E-state index contributed by atoms with van der Waals surface area (Å²) in [6.45, 7) is 1.98. The van der Waals surface area contributed by atoms with Gasteiger partial charge in [-0.25, -0.2) is 0 Å². The van der Waals surface area contributed by atoms with Gasteiger partial charge in [0.25, 0.3) is 0 Å². The van der Waals surface area contributed by atoms with E-state index >= 15 is 0 Å². The first kappa shape index (κ1) is 10.7. The molecule has 0 unspecified atom stereocenters. The molecule has 0 saturated heterocycles. The van der Waals surface area contributed by atoms with Crippen LogP contribution in [0.1, 0.15) is 20.3 Å². The van der Waals surface area contributed by atoms with E-state index in [-0.39, 0.29) is 6.42 Å². The maximum atomic E-state index is 11.9. The van der Waals surface area contributed by atoms with Gasteiger partial charge >= 0.3 is 6.18 Å². The molecular weight excluding hydrogens is 161 g/mol. The number of hydrogen-bond acceptors (Lipinski definition) is 2. The molecule has 0 saturated carbocycles. The third-order valence-corrected chi connectivity index (χ3v) is 1.46. The second kappa shape index (κ2) is 2.98. The first-order valence-electron chi connectivity index (χ1n) is 3.21.